The van der Waals surface area contributed by atoms with Crippen molar-refractivity contribution < 1.29 is 13.5 Å². The number of sulfonamides is 1. The molecular formula is C14H14ClNO3S. The Kier molecular flexibility index (Phi) is 4.32. The molecule has 0 aliphatic carbocycles. The summed E-state index contributed by atoms with van der Waals surface area (Å²) in [5.74, 6) is 0. The second-order valence-electron chi connectivity index (χ2n) is 4.38. The van der Waals surface area contributed by atoms with Crippen molar-refractivity contribution in [2.24, 2.45) is 0 Å². The Bertz CT molecular complexity index is 712. The van der Waals surface area contributed by atoms with E-state index in [0.717, 1.165) is 5.56 Å². The number of anilines is 1. The molecule has 0 aliphatic heterocycles. The molecule has 0 fully saturated rings. The molecule has 0 spiro atoms. The Morgan fingerprint density at radius 2 is 1.80 bits per heavy atom. The Morgan fingerprint density at radius 1 is 1.15 bits per heavy atom. The first-order chi connectivity index (χ1) is 9.42. The highest BCUT2D eigenvalue weighted by atomic mass is 35.5. The number of aliphatic hydroxyl groups excluding tert-OH is 1. The van der Waals surface area contributed by atoms with E-state index in [4.69, 9.17) is 16.7 Å². The largest absolute Gasteiger partial charge is 0.392 e. The molecule has 2 aromatic rings. The molecule has 0 aliphatic rings. The topological polar surface area (TPSA) is 66.4 Å². The first kappa shape index (κ1) is 14.8. The van der Waals surface area contributed by atoms with Crippen LogP contribution in [-0.4, -0.2) is 13.5 Å². The van der Waals surface area contributed by atoms with Crippen molar-refractivity contribution in [3.05, 3.63) is 58.6 Å². The van der Waals surface area contributed by atoms with Gasteiger partial charge in [-0.15, -0.1) is 0 Å². The van der Waals surface area contributed by atoms with Gasteiger partial charge < -0.3 is 5.11 Å². The van der Waals surface area contributed by atoms with Gasteiger partial charge in [0, 0.05) is 10.7 Å². The summed E-state index contributed by atoms with van der Waals surface area (Å²) in [5.41, 5.74) is 1.90. The van der Waals surface area contributed by atoms with Gasteiger partial charge in [0.05, 0.1) is 11.5 Å². The Labute approximate surface area is 123 Å². The SMILES string of the molecule is Cc1ccc(NS(=O)(=O)c2ccc(Cl)c(CO)c2)cc1. The summed E-state index contributed by atoms with van der Waals surface area (Å²) in [6.45, 7) is 1.61. The lowest BCUT2D eigenvalue weighted by molar-refractivity contribution is 0.281. The fourth-order valence-electron chi connectivity index (χ4n) is 1.68. The normalized spacial score (nSPS) is 11.3. The third-order valence-corrected chi connectivity index (χ3v) is 4.55. The van der Waals surface area contributed by atoms with E-state index in [9.17, 15) is 8.42 Å². The fraction of sp³-hybridized carbons (Fsp3) is 0.143. The number of hydrogen-bond donors (Lipinski definition) is 2. The smallest absolute Gasteiger partial charge is 0.261 e. The van der Waals surface area contributed by atoms with Crippen molar-refractivity contribution in [3.8, 4) is 0 Å². The molecule has 2 aromatic carbocycles. The molecule has 4 nitrogen and oxygen atoms in total. The lowest BCUT2D eigenvalue weighted by atomic mass is 10.2. The van der Waals surface area contributed by atoms with Crippen LogP contribution in [0.3, 0.4) is 0 Å². The first-order valence-corrected chi connectivity index (χ1v) is 7.77. The van der Waals surface area contributed by atoms with Gasteiger partial charge in [0.25, 0.3) is 10.0 Å². The third-order valence-electron chi connectivity index (χ3n) is 2.80. The highest BCUT2D eigenvalue weighted by Gasteiger charge is 2.15. The fourth-order valence-corrected chi connectivity index (χ4v) is 2.96. The van der Waals surface area contributed by atoms with Crippen LogP contribution in [0, 0.1) is 6.92 Å². The maximum atomic E-state index is 12.2. The van der Waals surface area contributed by atoms with E-state index in [1.54, 1.807) is 12.1 Å². The van der Waals surface area contributed by atoms with Crippen LogP contribution >= 0.6 is 11.6 Å². The molecule has 0 atom stereocenters. The number of benzene rings is 2. The van der Waals surface area contributed by atoms with Crippen molar-refractivity contribution in [3.63, 3.8) is 0 Å². The van der Waals surface area contributed by atoms with Crippen molar-refractivity contribution in [2.75, 3.05) is 4.72 Å². The maximum Gasteiger partial charge on any atom is 0.261 e. The van der Waals surface area contributed by atoms with Gasteiger partial charge in [0.1, 0.15) is 0 Å². The van der Waals surface area contributed by atoms with Gasteiger partial charge in [-0.05, 0) is 42.8 Å². The van der Waals surface area contributed by atoms with E-state index in [1.165, 1.54) is 18.2 Å². The minimum atomic E-state index is -3.70. The Balaban J connectivity index is 2.33. The second-order valence-corrected chi connectivity index (χ2v) is 6.47. The van der Waals surface area contributed by atoms with Gasteiger partial charge in [-0.1, -0.05) is 29.3 Å². The van der Waals surface area contributed by atoms with Crippen molar-refractivity contribution >= 4 is 27.3 Å². The number of hydrogen-bond acceptors (Lipinski definition) is 3. The van der Waals surface area contributed by atoms with Gasteiger partial charge >= 0.3 is 0 Å². The number of halogens is 1. The summed E-state index contributed by atoms with van der Waals surface area (Å²) < 4.78 is 26.9. The van der Waals surface area contributed by atoms with Gasteiger partial charge in [-0.3, -0.25) is 4.72 Å². The summed E-state index contributed by atoms with van der Waals surface area (Å²) in [6.07, 6.45) is 0. The molecule has 0 bridgehead atoms. The second kappa shape index (κ2) is 5.83. The molecule has 0 saturated heterocycles. The molecule has 2 N–H and O–H groups in total. The van der Waals surface area contributed by atoms with Crippen LogP contribution in [0.15, 0.2) is 47.4 Å². The molecule has 0 amide bonds. The molecule has 0 unspecified atom stereocenters. The molecule has 20 heavy (non-hydrogen) atoms. The third kappa shape index (κ3) is 3.30. The average Bonchev–Trinajstić information content (AvgIpc) is 2.41. The lowest BCUT2D eigenvalue weighted by Gasteiger charge is -2.10. The van der Waals surface area contributed by atoms with Crippen LogP contribution in [0.2, 0.25) is 5.02 Å². The number of nitrogens with one attached hydrogen (secondary N) is 1. The Hall–Kier alpha value is -1.56. The zero-order valence-corrected chi connectivity index (χ0v) is 12.4. The Morgan fingerprint density at radius 3 is 2.40 bits per heavy atom. The molecule has 0 radical (unpaired) electrons. The molecular weight excluding hydrogens is 298 g/mol. The zero-order chi connectivity index (χ0) is 14.8. The van der Waals surface area contributed by atoms with Gasteiger partial charge in [0.2, 0.25) is 0 Å². The van der Waals surface area contributed by atoms with Crippen LogP contribution in [0.4, 0.5) is 5.69 Å². The minimum absolute atomic E-state index is 0.0616. The predicted molar refractivity (Wildman–Crippen MR) is 79.4 cm³/mol. The summed E-state index contributed by atoms with van der Waals surface area (Å²) in [5, 5.41) is 9.46. The van der Waals surface area contributed by atoms with E-state index in [2.05, 4.69) is 4.72 Å². The van der Waals surface area contributed by atoms with Crippen LogP contribution in [0.1, 0.15) is 11.1 Å². The molecule has 0 saturated carbocycles. The first-order valence-electron chi connectivity index (χ1n) is 5.91. The van der Waals surface area contributed by atoms with Crippen LogP contribution < -0.4 is 4.72 Å². The highest BCUT2D eigenvalue weighted by Crippen LogP contribution is 2.22. The number of aliphatic hydroxyl groups is 1. The van der Waals surface area contributed by atoms with E-state index in [-0.39, 0.29) is 11.5 Å². The summed E-state index contributed by atoms with van der Waals surface area (Å²) in [7, 11) is -3.70. The van der Waals surface area contributed by atoms with Gasteiger partial charge in [-0.25, -0.2) is 8.42 Å². The quantitative estimate of drug-likeness (QED) is 0.912. The molecule has 0 heterocycles. The summed E-state index contributed by atoms with van der Waals surface area (Å²) >= 11 is 5.85. The molecule has 0 aromatic heterocycles. The summed E-state index contributed by atoms with van der Waals surface area (Å²) in [4.78, 5) is 0.0616. The molecule has 2 rings (SSSR count). The van der Waals surface area contributed by atoms with E-state index in [1.807, 2.05) is 19.1 Å². The van der Waals surface area contributed by atoms with Gasteiger partial charge in [-0.2, -0.15) is 0 Å². The van der Waals surface area contributed by atoms with Crippen molar-refractivity contribution in [2.45, 2.75) is 18.4 Å². The molecule has 106 valence electrons. The highest BCUT2D eigenvalue weighted by molar-refractivity contribution is 7.92. The van der Waals surface area contributed by atoms with E-state index >= 15 is 0 Å². The van der Waals surface area contributed by atoms with Crippen LogP contribution in [0.5, 0.6) is 0 Å². The number of rotatable bonds is 4. The summed E-state index contributed by atoms with van der Waals surface area (Å²) in [6, 6.07) is 11.2. The van der Waals surface area contributed by atoms with Crippen LogP contribution in [0.25, 0.3) is 0 Å². The van der Waals surface area contributed by atoms with Crippen LogP contribution in [-0.2, 0) is 16.6 Å². The zero-order valence-electron chi connectivity index (χ0n) is 10.8. The standard InChI is InChI=1S/C14H14ClNO3S/c1-10-2-4-12(5-3-10)16-20(18,19)13-6-7-14(15)11(8-13)9-17/h2-8,16-17H,9H2,1H3. The number of aryl methyl sites for hydroxylation is 1. The van der Waals surface area contributed by atoms with E-state index in [0.29, 0.717) is 16.3 Å². The van der Waals surface area contributed by atoms with Gasteiger partial charge in [0.15, 0.2) is 0 Å². The van der Waals surface area contributed by atoms with E-state index < -0.39 is 10.0 Å². The monoisotopic (exact) mass is 311 g/mol. The minimum Gasteiger partial charge on any atom is -0.392 e. The predicted octanol–water partition coefficient (Wildman–Crippen LogP) is 2.94. The molecule has 6 heteroatoms. The van der Waals surface area contributed by atoms with Crippen molar-refractivity contribution in [1.29, 1.82) is 0 Å². The van der Waals surface area contributed by atoms with Crippen molar-refractivity contribution in [1.82, 2.24) is 0 Å². The maximum absolute atomic E-state index is 12.2. The lowest BCUT2D eigenvalue weighted by Crippen LogP contribution is -2.13. The average molecular weight is 312 g/mol.